The van der Waals surface area contributed by atoms with Crippen LogP contribution < -0.4 is 4.72 Å². The lowest BCUT2D eigenvalue weighted by Crippen LogP contribution is -2.14. The molecule has 0 aliphatic heterocycles. The van der Waals surface area contributed by atoms with E-state index in [-0.39, 0.29) is 16.5 Å². The highest BCUT2D eigenvalue weighted by Gasteiger charge is 2.27. The van der Waals surface area contributed by atoms with Gasteiger partial charge in [0.2, 0.25) is 0 Å². The summed E-state index contributed by atoms with van der Waals surface area (Å²) >= 11 is 0. The lowest BCUT2D eigenvalue weighted by atomic mass is 10.1. The summed E-state index contributed by atoms with van der Waals surface area (Å²) in [6, 6.07) is 1.21. The average molecular weight is 302 g/mol. The summed E-state index contributed by atoms with van der Waals surface area (Å²) in [6.45, 7) is 4.20. The molecule has 1 N–H and O–H groups in total. The fourth-order valence-corrected chi connectivity index (χ4v) is 2.73. The van der Waals surface area contributed by atoms with Crippen LogP contribution in [0.3, 0.4) is 0 Å². The van der Waals surface area contributed by atoms with Crippen molar-refractivity contribution in [1.82, 2.24) is 14.9 Å². The Labute approximate surface area is 115 Å². The summed E-state index contributed by atoms with van der Waals surface area (Å²) in [5.74, 6) is -0.132. The number of anilines is 1. The van der Waals surface area contributed by atoms with Crippen LogP contribution >= 0.6 is 0 Å². The average Bonchev–Trinajstić information content (AvgIpc) is 2.86. The van der Waals surface area contributed by atoms with Crippen molar-refractivity contribution in [1.29, 1.82) is 0 Å². The summed E-state index contributed by atoms with van der Waals surface area (Å²) in [5.41, 5.74) is -1.26. The number of alkyl halides is 1. The topological polar surface area (TPSA) is 90.0 Å². The Bertz CT molecular complexity index is 727. The third-order valence-electron chi connectivity index (χ3n) is 2.81. The number of nitrogens with zero attached hydrogens (tertiary/aromatic N) is 3. The maximum absolute atomic E-state index is 13.6. The lowest BCUT2D eigenvalue weighted by molar-refractivity contribution is 0.163. The summed E-state index contributed by atoms with van der Waals surface area (Å²) in [4.78, 5) is 0.0315. The zero-order valence-corrected chi connectivity index (χ0v) is 12.3. The van der Waals surface area contributed by atoms with Gasteiger partial charge < -0.3 is 4.52 Å². The molecule has 0 aliphatic carbocycles. The number of hydrogen-bond donors (Lipinski definition) is 1. The number of nitrogens with one attached hydrogen (secondary N) is 1. The van der Waals surface area contributed by atoms with Gasteiger partial charge in [0.15, 0.2) is 17.2 Å². The molecule has 20 heavy (non-hydrogen) atoms. The zero-order chi connectivity index (χ0) is 15.1. The molecule has 0 saturated carbocycles. The Morgan fingerprint density at radius 2 is 2.10 bits per heavy atom. The van der Waals surface area contributed by atoms with Gasteiger partial charge in [-0.25, -0.2) is 12.8 Å². The van der Waals surface area contributed by atoms with Gasteiger partial charge in [-0.1, -0.05) is 5.16 Å². The minimum absolute atomic E-state index is 0.0315. The molecule has 110 valence electrons. The van der Waals surface area contributed by atoms with Crippen molar-refractivity contribution >= 4 is 15.8 Å². The molecule has 0 saturated heterocycles. The zero-order valence-electron chi connectivity index (χ0n) is 11.5. The predicted octanol–water partition coefficient (Wildman–Crippen LogP) is 1.72. The van der Waals surface area contributed by atoms with Crippen molar-refractivity contribution in [2.45, 2.75) is 31.3 Å². The Morgan fingerprint density at radius 1 is 1.45 bits per heavy atom. The molecule has 0 radical (unpaired) electrons. The van der Waals surface area contributed by atoms with Crippen molar-refractivity contribution < 1.29 is 17.3 Å². The maximum Gasteiger partial charge on any atom is 0.266 e. The van der Waals surface area contributed by atoms with E-state index in [9.17, 15) is 12.8 Å². The maximum atomic E-state index is 13.6. The Balaban J connectivity index is 2.30. The molecular weight excluding hydrogens is 287 g/mol. The first-order valence-corrected chi connectivity index (χ1v) is 7.27. The minimum atomic E-state index is -3.83. The van der Waals surface area contributed by atoms with Crippen molar-refractivity contribution in [2.24, 2.45) is 7.05 Å². The van der Waals surface area contributed by atoms with Crippen LogP contribution in [0.25, 0.3) is 0 Å². The highest BCUT2D eigenvalue weighted by Crippen LogP contribution is 2.27. The van der Waals surface area contributed by atoms with Gasteiger partial charge in [-0.3, -0.25) is 9.40 Å². The molecule has 0 atom stereocenters. The second-order valence-electron chi connectivity index (χ2n) is 4.87. The number of halogens is 1. The van der Waals surface area contributed by atoms with Gasteiger partial charge in [-0.2, -0.15) is 5.10 Å². The van der Waals surface area contributed by atoms with Crippen LogP contribution in [0.1, 0.15) is 25.3 Å². The van der Waals surface area contributed by atoms with E-state index in [4.69, 9.17) is 4.52 Å². The van der Waals surface area contributed by atoms with Crippen molar-refractivity contribution in [3.63, 3.8) is 0 Å². The van der Waals surface area contributed by atoms with E-state index >= 15 is 0 Å². The number of rotatable bonds is 4. The van der Waals surface area contributed by atoms with E-state index in [1.165, 1.54) is 30.8 Å². The molecule has 2 aromatic heterocycles. The summed E-state index contributed by atoms with van der Waals surface area (Å²) < 4.78 is 46.4. The van der Waals surface area contributed by atoms with Gasteiger partial charge in [0.1, 0.15) is 4.90 Å². The van der Waals surface area contributed by atoms with Crippen LogP contribution in [-0.4, -0.2) is 23.4 Å². The van der Waals surface area contributed by atoms with E-state index in [1.807, 2.05) is 0 Å². The van der Waals surface area contributed by atoms with E-state index in [2.05, 4.69) is 15.0 Å². The fraction of sp³-hybridized carbons (Fsp3) is 0.455. The summed E-state index contributed by atoms with van der Waals surface area (Å²) in [7, 11) is -2.20. The second-order valence-corrected chi connectivity index (χ2v) is 6.52. The predicted molar refractivity (Wildman–Crippen MR) is 69.4 cm³/mol. The number of aromatic nitrogens is 3. The van der Waals surface area contributed by atoms with Crippen LogP contribution in [-0.2, 0) is 22.7 Å². The molecular formula is C11H15FN4O3S. The van der Waals surface area contributed by atoms with Gasteiger partial charge in [-0.15, -0.1) is 0 Å². The van der Waals surface area contributed by atoms with E-state index in [1.54, 1.807) is 14.0 Å². The molecule has 2 rings (SSSR count). The van der Waals surface area contributed by atoms with Crippen LogP contribution in [0.15, 0.2) is 21.7 Å². The summed E-state index contributed by atoms with van der Waals surface area (Å²) in [6.07, 6.45) is 1.23. The lowest BCUT2D eigenvalue weighted by Gasteiger charge is -2.07. The monoisotopic (exact) mass is 302 g/mol. The highest BCUT2D eigenvalue weighted by molar-refractivity contribution is 7.92. The van der Waals surface area contributed by atoms with Crippen LogP contribution in [0.2, 0.25) is 0 Å². The highest BCUT2D eigenvalue weighted by atomic mass is 32.2. The molecule has 2 aromatic rings. The smallest absolute Gasteiger partial charge is 0.266 e. The first-order valence-electron chi connectivity index (χ1n) is 5.79. The minimum Gasteiger partial charge on any atom is -0.356 e. The third-order valence-corrected chi connectivity index (χ3v) is 4.27. The third kappa shape index (κ3) is 2.67. The van der Waals surface area contributed by atoms with Gasteiger partial charge in [0, 0.05) is 13.1 Å². The first kappa shape index (κ1) is 14.5. The molecule has 0 fully saturated rings. The summed E-state index contributed by atoms with van der Waals surface area (Å²) in [5, 5.41) is 7.36. The van der Waals surface area contributed by atoms with E-state index in [0.29, 0.717) is 5.69 Å². The van der Waals surface area contributed by atoms with E-state index in [0.717, 1.165) is 0 Å². The standard InChI is InChI=1S/C11H15FN4O3S/c1-7-8(6-13-16(7)4)20(17,18)15-10-5-9(19-14-10)11(2,3)12/h5-6H,1-4H3,(H,14,15). The van der Waals surface area contributed by atoms with E-state index < -0.39 is 15.7 Å². The Kier molecular flexibility index (Phi) is 3.32. The normalized spacial score (nSPS) is 12.7. The Morgan fingerprint density at radius 3 is 2.55 bits per heavy atom. The fourth-order valence-electron chi connectivity index (χ4n) is 1.54. The van der Waals surface area contributed by atoms with Crippen molar-refractivity contribution in [3.8, 4) is 0 Å². The molecule has 0 unspecified atom stereocenters. The number of sulfonamides is 1. The first-order chi connectivity index (χ1) is 9.11. The second kappa shape index (κ2) is 4.58. The Hall–Kier alpha value is -1.90. The molecule has 0 spiro atoms. The largest absolute Gasteiger partial charge is 0.356 e. The SMILES string of the molecule is Cc1c(S(=O)(=O)Nc2cc(C(C)(C)F)on2)cnn1C. The molecule has 9 heteroatoms. The molecule has 7 nitrogen and oxygen atoms in total. The van der Waals surface area contributed by atoms with Crippen molar-refractivity contribution in [2.75, 3.05) is 4.72 Å². The van der Waals surface area contributed by atoms with Gasteiger partial charge >= 0.3 is 0 Å². The van der Waals surface area contributed by atoms with Gasteiger partial charge in [0.25, 0.3) is 10.0 Å². The molecule has 0 bridgehead atoms. The van der Waals surface area contributed by atoms with Crippen LogP contribution in [0.4, 0.5) is 10.2 Å². The van der Waals surface area contributed by atoms with Gasteiger partial charge in [0.05, 0.1) is 11.9 Å². The molecule has 0 aliphatic rings. The van der Waals surface area contributed by atoms with Crippen molar-refractivity contribution in [3.05, 3.63) is 23.7 Å². The van der Waals surface area contributed by atoms with Gasteiger partial charge in [-0.05, 0) is 20.8 Å². The quantitative estimate of drug-likeness (QED) is 0.928. The van der Waals surface area contributed by atoms with Crippen LogP contribution in [0.5, 0.6) is 0 Å². The molecule has 0 amide bonds. The number of aryl methyl sites for hydroxylation is 1. The van der Waals surface area contributed by atoms with Crippen LogP contribution in [0, 0.1) is 6.92 Å². The number of hydrogen-bond acceptors (Lipinski definition) is 5. The molecule has 2 heterocycles. The molecule has 0 aromatic carbocycles.